The molecule has 0 spiro atoms. The highest BCUT2D eigenvalue weighted by atomic mass is 16.4. The molecule has 1 aliphatic carbocycles. The van der Waals surface area contributed by atoms with Gasteiger partial charge >= 0.3 is 5.97 Å². The van der Waals surface area contributed by atoms with E-state index in [-0.39, 0.29) is 5.56 Å². The number of pyridine rings is 1. The molecule has 0 saturated heterocycles. The Labute approximate surface area is 119 Å². The van der Waals surface area contributed by atoms with Crippen molar-refractivity contribution in [3.05, 3.63) is 23.4 Å². The molecule has 0 atom stereocenters. The summed E-state index contributed by atoms with van der Waals surface area (Å²) in [6.07, 6.45) is 9.59. The van der Waals surface area contributed by atoms with E-state index in [1.165, 1.54) is 12.8 Å². The van der Waals surface area contributed by atoms with Crippen molar-refractivity contribution in [3.8, 4) is 12.3 Å². The Hall–Kier alpha value is -2.02. The van der Waals surface area contributed by atoms with Crippen LogP contribution in [0.4, 0.5) is 5.82 Å². The molecule has 106 valence electrons. The van der Waals surface area contributed by atoms with E-state index >= 15 is 0 Å². The number of terminal acetylenes is 1. The van der Waals surface area contributed by atoms with E-state index in [0.29, 0.717) is 18.3 Å². The zero-order valence-corrected chi connectivity index (χ0v) is 11.8. The van der Waals surface area contributed by atoms with Gasteiger partial charge in [-0.3, -0.25) is 0 Å². The molecule has 0 unspecified atom stereocenters. The van der Waals surface area contributed by atoms with Crippen LogP contribution in [0.1, 0.15) is 42.2 Å². The summed E-state index contributed by atoms with van der Waals surface area (Å²) in [6, 6.07) is 3.28. The molecule has 0 aliphatic heterocycles. The van der Waals surface area contributed by atoms with Crippen molar-refractivity contribution in [2.75, 3.05) is 18.0 Å². The lowest BCUT2D eigenvalue weighted by Gasteiger charge is -2.22. The number of rotatable bonds is 7. The molecular formula is C16H20N2O2. The van der Waals surface area contributed by atoms with Gasteiger partial charge in [0.2, 0.25) is 0 Å². The SMILES string of the molecule is C#CCN(CC1CC1)c1cc(C(=O)O)cc(CCC)n1. The molecule has 0 radical (unpaired) electrons. The Kier molecular flexibility index (Phi) is 4.62. The van der Waals surface area contributed by atoms with Crippen LogP contribution in [0.2, 0.25) is 0 Å². The van der Waals surface area contributed by atoms with Gasteiger partial charge in [-0.05, 0) is 37.3 Å². The minimum atomic E-state index is -0.918. The number of hydrogen-bond donors (Lipinski definition) is 1. The number of aryl methyl sites for hydroxylation is 1. The lowest BCUT2D eigenvalue weighted by molar-refractivity contribution is 0.0696. The van der Waals surface area contributed by atoms with E-state index in [4.69, 9.17) is 6.42 Å². The number of aromatic nitrogens is 1. The van der Waals surface area contributed by atoms with Gasteiger partial charge in [-0.1, -0.05) is 19.3 Å². The van der Waals surface area contributed by atoms with Crippen molar-refractivity contribution >= 4 is 11.8 Å². The summed E-state index contributed by atoms with van der Waals surface area (Å²) in [4.78, 5) is 17.8. The van der Waals surface area contributed by atoms with Gasteiger partial charge < -0.3 is 10.0 Å². The Morgan fingerprint density at radius 1 is 1.55 bits per heavy atom. The normalized spacial score (nSPS) is 13.8. The molecule has 1 aromatic heterocycles. The molecule has 0 amide bonds. The lowest BCUT2D eigenvalue weighted by Crippen LogP contribution is -2.27. The monoisotopic (exact) mass is 272 g/mol. The molecule has 1 aliphatic rings. The first kappa shape index (κ1) is 14.4. The largest absolute Gasteiger partial charge is 0.478 e. The summed E-state index contributed by atoms with van der Waals surface area (Å²) in [5.74, 6) is 3.09. The maximum Gasteiger partial charge on any atom is 0.335 e. The average Bonchev–Trinajstić information content (AvgIpc) is 3.22. The topological polar surface area (TPSA) is 53.4 Å². The van der Waals surface area contributed by atoms with Crippen LogP contribution in [-0.2, 0) is 6.42 Å². The van der Waals surface area contributed by atoms with Gasteiger partial charge in [-0.25, -0.2) is 9.78 Å². The highest BCUT2D eigenvalue weighted by Gasteiger charge is 2.25. The number of carbonyl (C=O) groups is 1. The van der Waals surface area contributed by atoms with E-state index in [1.54, 1.807) is 12.1 Å². The van der Waals surface area contributed by atoms with Crippen LogP contribution in [0, 0.1) is 18.3 Å². The summed E-state index contributed by atoms with van der Waals surface area (Å²) >= 11 is 0. The molecule has 20 heavy (non-hydrogen) atoms. The predicted octanol–water partition coefficient (Wildman–Crippen LogP) is 2.58. The third-order valence-electron chi connectivity index (χ3n) is 3.40. The molecule has 4 heteroatoms. The van der Waals surface area contributed by atoms with Crippen LogP contribution in [0.3, 0.4) is 0 Å². The number of carboxylic acid groups (broad SMARTS) is 1. The standard InChI is InChI=1S/C16H20N2O2/c1-3-5-14-9-13(16(19)20)10-15(17-14)18(8-4-2)11-12-6-7-12/h2,9-10,12H,3,5-8,11H2,1H3,(H,19,20). The Morgan fingerprint density at radius 2 is 2.30 bits per heavy atom. The van der Waals surface area contributed by atoms with Gasteiger partial charge in [0.1, 0.15) is 5.82 Å². The van der Waals surface area contributed by atoms with E-state index in [2.05, 4.69) is 17.8 Å². The minimum absolute atomic E-state index is 0.288. The van der Waals surface area contributed by atoms with Crippen molar-refractivity contribution in [1.82, 2.24) is 4.98 Å². The van der Waals surface area contributed by atoms with Crippen molar-refractivity contribution in [3.63, 3.8) is 0 Å². The number of aromatic carboxylic acids is 1. The Balaban J connectivity index is 2.30. The first-order chi connectivity index (χ1) is 9.63. The van der Waals surface area contributed by atoms with Crippen molar-refractivity contribution in [2.24, 2.45) is 5.92 Å². The van der Waals surface area contributed by atoms with Gasteiger partial charge in [-0.15, -0.1) is 6.42 Å². The number of anilines is 1. The fourth-order valence-corrected chi connectivity index (χ4v) is 2.20. The Morgan fingerprint density at radius 3 is 2.85 bits per heavy atom. The lowest BCUT2D eigenvalue weighted by atomic mass is 10.1. The summed E-state index contributed by atoms with van der Waals surface area (Å²) in [5, 5.41) is 9.22. The fourth-order valence-electron chi connectivity index (χ4n) is 2.20. The van der Waals surface area contributed by atoms with Crippen LogP contribution in [0.15, 0.2) is 12.1 Å². The Bertz CT molecular complexity index is 530. The zero-order valence-electron chi connectivity index (χ0n) is 11.8. The highest BCUT2D eigenvalue weighted by molar-refractivity contribution is 5.88. The smallest absolute Gasteiger partial charge is 0.335 e. The predicted molar refractivity (Wildman–Crippen MR) is 79.0 cm³/mol. The number of nitrogens with zero attached hydrogens (tertiary/aromatic N) is 2. The molecule has 1 aromatic rings. The zero-order chi connectivity index (χ0) is 14.5. The van der Waals surface area contributed by atoms with Crippen LogP contribution in [0.5, 0.6) is 0 Å². The molecule has 4 nitrogen and oxygen atoms in total. The fraction of sp³-hybridized carbons (Fsp3) is 0.500. The molecule has 2 rings (SSSR count). The van der Waals surface area contributed by atoms with Crippen LogP contribution in [0.25, 0.3) is 0 Å². The molecular weight excluding hydrogens is 252 g/mol. The second-order valence-corrected chi connectivity index (χ2v) is 5.29. The van der Waals surface area contributed by atoms with Gasteiger partial charge in [0.25, 0.3) is 0 Å². The van der Waals surface area contributed by atoms with E-state index in [9.17, 15) is 9.90 Å². The van der Waals surface area contributed by atoms with Crippen molar-refractivity contribution < 1.29 is 9.90 Å². The van der Waals surface area contributed by atoms with Crippen molar-refractivity contribution in [1.29, 1.82) is 0 Å². The summed E-state index contributed by atoms with van der Waals surface area (Å²) in [6.45, 7) is 3.39. The third kappa shape index (κ3) is 3.74. The number of hydrogen-bond acceptors (Lipinski definition) is 3. The summed E-state index contributed by atoms with van der Waals surface area (Å²) in [5.41, 5.74) is 1.11. The van der Waals surface area contributed by atoms with Crippen LogP contribution in [-0.4, -0.2) is 29.1 Å². The molecule has 0 aromatic carbocycles. The van der Waals surface area contributed by atoms with E-state index in [1.807, 2.05) is 4.90 Å². The van der Waals surface area contributed by atoms with Gasteiger partial charge in [-0.2, -0.15) is 0 Å². The summed E-state index contributed by atoms with van der Waals surface area (Å²) < 4.78 is 0. The van der Waals surface area contributed by atoms with Crippen LogP contribution >= 0.6 is 0 Å². The molecule has 1 heterocycles. The first-order valence-corrected chi connectivity index (χ1v) is 7.06. The maximum atomic E-state index is 11.2. The van der Waals surface area contributed by atoms with Gasteiger partial charge in [0.15, 0.2) is 0 Å². The van der Waals surface area contributed by atoms with E-state index in [0.717, 1.165) is 25.1 Å². The highest BCUT2D eigenvalue weighted by Crippen LogP contribution is 2.31. The van der Waals surface area contributed by atoms with E-state index < -0.39 is 5.97 Å². The first-order valence-electron chi connectivity index (χ1n) is 7.06. The second kappa shape index (κ2) is 6.42. The van der Waals surface area contributed by atoms with Crippen molar-refractivity contribution in [2.45, 2.75) is 32.6 Å². The van der Waals surface area contributed by atoms with Crippen LogP contribution < -0.4 is 4.90 Å². The van der Waals surface area contributed by atoms with Gasteiger partial charge in [0, 0.05) is 12.2 Å². The average molecular weight is 272 g/mol. The molecule has 1 saturated carbocycles. The number of carboxylic acids is 1. The minimum Gasteiger partial charge on any atom is -0.478 e. The molecule has 1 N–H and O–H groups in total. The third-order valence-corrected chi connectivity index (χ3v) is 3.40. The molecule has 0 bridgehead atoms. The molecule has 1 fully saturated rings. The quantitative estimate of drug-likeness (QED) is 0.775. The summed E-state index contributed by atoms with van der Waals surface area (Å²) in [7, 11) is 0. The maximum absolute atomic E-state index is 11.2. The second-order valence-electron chi connectivity index (χ2n) is 5.29. The van der Waals surface area contributed by atoms with Gasteiger partial charge in [0.05, 0.1) is 12.1 Å².